The first-order valence-corrected chi connectivity index (χ1v) is 15.8. The molecule has 248 valence electrons. The molecule has 0 bridgehead atoms. The Morgan fingerprint density at radius 3 is 1.51 bits per heavy atom. The number of aryl methyl sites for hydroxylation is 2. The van der Waals surface area contributed by atoms with E-state index in [-0.39, 0.29) is 29.5 Å². The van der Waals surface area contributed by atoms with Crippen LogP contribution in [-0.2, 0) is 42.0 Å². The first-order chi connectivity index (χ1) is 21.9. The smallest absolute Gasteiger partial charge is 0.338 e. The van der Waals surface area contributed by atoms with E-state index in [4.69, 9.17) is 9.94 Å². The number of ether oxygens (including phenoxy) is 1. The molecule has 0 aliphatic carbocycles. The zero-order valence-corrected chi connectivity index (χ0v) is 29.2. The average molecular weight is 656 g/mol. The molecule has 0 fully saturated rings. The molecule has 8 heteroatoms. The predicted molar refractivity (Wildman–Crippen MR) is 188 cm³/mol. The van der Waals surface area contributed by atoms with E-state index in [0.29, 0.717) is 17.7 Å². The van der Waals surface area contributed by atoms with E-state index in [0.717, 1.165) is 36.3 Å². The number of hydrogen-bond donors (Lipinski definition) is 2. The van der Waals surface area contributed by atoms with Crippen LogP contribution in [0.1, 0.15) is 92.9 Å². The van der Waals surface area contributed by atoms with Gasteiger partial charge in [-0.25, -0.2) is 10.3 Å². The molecule has 6 rings (SSSR count). The molecule has 0 aromatic heterocycles. The SMILES string of the molecule is COC(=O)c1cccc2c1CN(Cc1ccc(C)cc1)C2(C)C.Cc1ccc(CN2Cc3c(C(=O)NO)cccc3C2(C)C)cc1.Cl. The molecule has 2 N–H and O–H groups in total. The van der Waals surface area contributed by atoms with Gasteiger partial charge in [-0.05, 0) is 87.1 Å². The lowest BCUT2D eigenvalue weighted by molar-refractivity contribution is 0.0598. The maximum atomic E-state index is 12.0. The second-order valence-electron chi connectivity index (χ2n) is 13.4. The topological polar surface area (TPSA) is 82.1 Å². The first kappa shape index (κ1) is 35.8. The number of nitrogens with zero attached hydrogens (tertiary/aromatic N) is 2. The average Bonchev–Trinajstić information content (AvgIpc) is 3.46. The van der Waals surface area contributed by atoms with Crippen molar-refractivity contribution in [1.82, 2.24) is 15.3 Å². The number of hydrogen-bond acceptors (Lipinski definition) is 6. The fourth-order valence-electron chi connectivity index (χ4n) is 6.69. The number of nitrogens with one attached hydrogen (secondary N) is 1. The summed E-state index contributed by atoms with van der Waals surface area (Å²) in [4.78, 5) is 28.7. The molecule has 0 radical (unpaired) electrons. The number of carbonyl (C=O) groups excluding carboxylic acids is 2. The lowest BCUT2D eigenvalue weighted by atomic mass is 9.91. The Kier molecular flexibility index (Phi) is 11.0. The Bertz CT molecular complexity index is 1600. The predicted octanol–water partition coefficient (Wildman–Crippen LogP) is 7.82. The molecular formula is C39H46ClN3O4. The quantitative estimate of drug-likeness (QED) is 0.125. The van der Waals surface area contributed by atoms with E-state index < -0.39 is 5.91 Å². The minimum atomic E-state index is -0.449. The molecule has 0 unspecified atom stereocenters. The van der Waals surface area contributed by atoms with Crippen molar-refractivity contribution in [3.05, 3.63) is 141 Å². The molecule has 0 spiro atoms. The van der Waals surface area contributed by atoms with Crippen molar-refractivity contribution in [1.29, 1.82) is 0 Å². The summed E-state index contributed by atoms with van der Waals surface area (Å²) in [5.74, 6) is -0.704. The molecular weight excluding hydrogens is 610 g/mol. The summed E-state index contributed by atoms with van der Waals surface area (Å²) >= 11 is 0. The number of hydroxylamine groups is 1. The highest BCUT2D eigenvalue weighted by Gasteiger charge is 2.40. The molecule has 1 amide bonds. The third-order valence-electron chi connectivity index (χ3n) is 9.69. The van der Waals surface area contributed by atoms with Crippen molar-refractivity contribution in [2.24, 2.45) is 0 Å². The van der Waals surface area contributed by atoms with Crippen molar-refractivity contribution in [3.63, 3.8) is 0 Å². The van der Waals surface area contributed by atoms with Gasteiger partial charge in [0, 0.05) is 42.8 Å². The fourth-order valence-corrected chi connectivity index (χ4v) is 6.69. The summed E-state index contributed by atoms with van der Waals surface area (Å²) in [6.07, 6.45) is 0. The van der Waals surface area contributed by atoms with Crippen molar-refractivity contribution in [2.45, 2.75) is 78.8 Å². The van der Waals surface area contributed by atoms with Gasteiger partial charge in [0.25, 0.3) is 5.91 Å². The van der Waals surface area contributed by atoms with E-state index in [1.807, 2.05) is 18.2 Å². The number of halogens is 1. The van der Waals surface area contributed by atoms with Gasteiger partial charge in [0.15, 0.2) is 0 Å². The zero-order chi connectivity index (χ0) is 33.2. The molecule has 2 heterocycles. The van der Waals surface area contributed by atoms with Gasteiger partial charge < -0.3 is 4.74 Å². The Hall–Kier alpha value is -4.01. The zero-order valence-electron chi connectivity index (χ0n) is 28.4. The maximum Gasteiger partial charge on any atom is 0.338 e. The summed E-state index contributed by atoms with van der Waals surface area (Å²) in [6.45, 7) is 16.1. The fraction of sp³-hybridized carbons (Fsp3) is 0.333. The second-order valence-corrected chi connectivity index (χ2v) is 13.4. The van der Waals surface area contributed by atoms with Gasteiger partial charge in [-0.1, -0.05) is 83.9 Å². The van der Waals surface area contributed by atoms with E-state index in [2.05, 4.69) is 112 Å². The van der Waals surface area contributed by atoms with Gasteiger partial charge in [-0.3, -0.25) is 19.8 Å². The highest BCUT2D eigenvalue weighted by atomic mass is 35.5. The number of methoxy groups -OCH3 is 1. The van der Waals surface area contributed by atoms with Gasteiger partial charge in [-0.2, -0.15) is 0 Å². The van der Waals surface area contributed by atoms with E-state index in [1.54, 1.807) is 11.5 Å². The van der Waals surface area contributed by atoms with E-state index in [1.165, 1.54) is 34.9 Å². The minimum absolute atomic E-state index is 0. The van der Waals surface area contributed by atoms with Crippen LogP contribution >= 0.6 is 12.4 Å². The number of esters is 1. The molecule has 2 aliphatic rings. The highest BCUT2D eigenvalue weighted by molar-refractivity contribution is 5.95. The number of amides is 1. The number of carbonyl (C=O) groups is 2. The molecule has 47 heavy (non-hydrogen) atoms. The molecule has 0 saturated heterocycles. The van der Waals surface area contributed by atoms with Crippen molar-refractivity contribution in [2.75, 3.05) is 7.11 Å². The van der Waals surface area contributed by atoms with Crippen LogP contribution in [0.2, 0.25) is 0 Å². The van der Waals surface area contributed by atoms with Gasteiger partial charge in [0.1, 0.15) is 0 Å². The van der Waals surface area contributed by atoms with Crippen LogP contribution in [0.25, 0.3) is 0 Å². The van der Waals surface area contributed by atoms with Crippen LogP contribution < -0.4 is 5.48 Å². The third kappa shape index (κ3) is 7.29. The summed E-state index contributed by atoms with van der Waals surface area (Å²) in [5.41, 5.74) is 12.2. The number of fused-ring (bicyclic) bond motifs is 2. The molecule has 0 atom stereocenters. The Balaban J connectivity index is 0.000000208. The van der Waals surface area contributed by atoms with Gasteiger partial charge in [0.2, 0.25) is 0 Å². The first-order valence-electron chi connectivity index (χ1n) is 15.8. The van der Waals surface area contributed by atoms with Crippen LogP contribution in [0.4, 0.5) is 0 Å². The lowest BCUT2D eigenvalue weighted by Crippen LogP contribution is -2.34. The Morgan fingerprint density at radius 2 is 1.11 bits per heavy atom. The normalized spacial score (nSPS) is 15.8. The number of rotatable bonds is 6. The molecule has 2 aliphatic heterocycles. The van der Waals surface area contributed by atoms with Crippen LogP contribution in [0.5, 0.6) is 0 Å². The summed E-state index contributed by atoms with van der Waals surface area (Å²) in [5, 5.41) is 8.96. The summed E-state index contributed by atoms with van der Waals surface area (Å²) in [6, 6.07) is 28.8. The lowest BCUT2D eigenvalue weighted by Gasteiger charge is -2.32. The molecule has 7 nitrogen and oxygen atoms in total. The summed E-state index contributed by atoms with van der Waals surface area (Å²) < 4.78 is 4.94. The monoisotopic (exact) mass is 655 g/mol. The minimum Gasteiger partial charge on any atom is -0.465 e. The summed E-state index contributed by atoms with van der Waals surface area (Å²) in [7, 11) is 1.44. The van der Waals surface area contributed by atoms with Crippen LogP contribution in [0.15, 0.2) is 84.9 Å². The number of benzene rings is 4. The van der Waals surface area contributed by atoms with Crippen molar-refractivity contribution in [3.8, 4) is 0 Å². The van der Waals surface area contributed by atoms with E-state index in [9.17, 15) is 9.59 Å². The largest absolute Gasteiger partial charge is 0.465 e. The van der Waals surface area contributed by atoms with Crippen LogP contribution in [-0.4, -0.2) is 34.0 Å². The molecule has 4 aromatic carbocycles. The van der Waals surface area contributed by atoms with Crippen LogP contribution in [0, 0.1) is 13.8 Å². The molecule has 4 aromatic rings. The van der Waals surface area contributed by atoms with Gasteiger partial charge in [-0.15, -0.1) is 12.4 Å². The third-order valence-corrected chi connectivity index (χ3v) is 9.69. The van der Waals surface area contributed by atoms with E-state index >= 15 is 0 Å². The maximum absolute atomic E-state index is 12.0. The van der Waals surface area contributed by atoms with Crippen molar-refractivity contribution < 1.29 is 19.5 Å². The van der Waals surface area contributed by atoms with Crippen molar-refractivity contribution >= 4 is 24.3 Å². The Morgan fingerprint density at radius 1 is 0.702 bits per heavy atom. The van der Waals surface area contributed by atoms with Gasteiger partial charge >= 0.3 is 5.97 Å². The Labute approximate surface area is 284 Å². The highest BCUT2D eigenvalue weighted by Crippen LogP contribution is 2.42. The second kappa shape index (κ2) is 14.4. The standard InChI is InChI=1S/C20H23NO2.C19H22N2O2.ClH/c1-14-8-10-15(11-9-14)12-21-13-17-16(19(22)23-4)6-5-7-18(17)20(21,2)3;1-13-7-9-14(10-8-13)11-21-12-16-15(18(22)20-23)5-4-6-17(16)19(21,2)3;/h5-11H,12-13H2,1-4H3;4-10,23H,11-12H2,1-3H3,(H,20,22);1H. The van der Waals surface area contributed by atoms with Gasteiger partial charge in [0.05, 0.1) is 12.7 Å². The van der Waals surface area contributed by atoms with Crippen LogP contribution in [0.3, 0.4) is 0 Å². The molecule has 0 saturated carbocycles.